The Morgan fingerprint density at radius 2 is 1.88 bits per heavy atom. The normalized spacial score (nSPS) is 11.5. The van der Waals surface area contributed by atoms with Crippen LogP contribution in [0.1, 0.15) is 5.56 Å². The quantitative estimate of drug-likeness (QED) is 0.298. The van der Waals surface area contributed by atoms with Gasteiger partial charge in [-0.05, 0) is 35.9 Å². The average molecular weight is 491 g/mol. The number of carbonyl (C=O) groups is 1. The predicted molar refractivity (Wildman–Crippen MR) is 128 cm³/mol. The first-order valence-corrected chi connectivity index (χ1v) is 11.6. The lowest BCUT2D eigenvalue weighted by atomic mass is 10.1. The number of pyridine rings is 1. The molecule has 1 aromatic heterocycles. The Morgan fingerprint density at radius 1 is 1.12 bits per heavy atom. The summed E-state index contributed by atoms with van der Waals surface area (Å²) in [6, 6.07) is 14.8. The van der Waals surface area contributed by atoms with E-state index in [1.807, 2.05) is 0 Å². The summed E-state index contributed by atoms with van der Waals surface area (Å²) in [5.41, 5.74) is 1.90. The topological polar surface area (TPSA) is 91.7 Å². The van der Waals surface area contributed by atoms with Gasteiger partial charge in [-0.1, -0.05) is 47.5 Å². The smallest absolute Gasteiger partial charge is 0.284 e. The number of nitrogens with one attached hydrogen (secondary N) is 1. The first-order chi connectivity index (χ1) is 15.2. The molecule has 3 aromatic rings. The van der Waals surface area contributed by atoms with E-state index < -0.39 is 10.0 Å². The van der Waals surface area contributed by atoms with Crippen molar-refractivity contribution in [3.63, 3.8) is 0 Å². The summed E-state index contributed by atoms with van der Waals surface area (Å²) in [5.74, 6) is -0.334. The van der Waals surface area contributed by atoms with E-state index in [1.165, 1.54) is 23.5 Å². The van der Waals surface area contributed by atoms with Crippen LogP contribution in [0, 0.1) is 0 Å². The van der Waals surface area contributed by atoms with Crippen LogP contribution >= 0.6 is 23.2 Å². The fraction of sp³-hybridized carbons (Fsp3) is 0.136. The Labute approximate surface area is 196 Å². The molecule has 0 aliphatic heterocycles. The molecule has 1 amide bonds. The predicted octanol–water partition coefficient (Wildman–Crippen LogP) is 4.52. The van der Waals surface area contributed by atoms with Crippen LogP contribution in [0.4, 0.5) is 5.69 Å². The average Bonchev–Trinajstić information content (AvgIpc) is 2.75. The molecule has 0 aliphatic rings. The van der Waals surface area contributed by atoms with Crippen LogP contribution in [0.15, 0.2) is 70.1 Å². The standard InChI is InChI=1S/C22H20Cl2N4O3S/c1-28(2)14-26-32(30,31)20-12-17(8-9-18(20)16-7-10-21(24)25-13-16)27-22(29)11-15-5-3-4-6-19(15)23/h3-10,12-14H,11H2,1-2H3,(H,27,29)/b26-14+. The minimum Gasteiger partial charge on any atom is -0.368 e. The highest BCUT2D eigenvalue weighted by Gasteiger charge is 2.20. The minimum atomic E-state index is -4.07. The number of rotatable bonds is 7. The number of benzene rings is 2. The molecule has 3 rings (SSSR count). The second-order valence-electron chi connectivity index (χ2n) is 7.06. The van der Waals surface area contributed by atoms with Crippen LogP contribution in [-0.2, 0) is 21.2 Å². The fourth-order valence-corrected chi connectivity index (χ4v) is 4.30. The first-order valence-electron chi connectivity index (χ1n) is 9.42. The fourth-order valence-electron chi connectivity index (χ4n) is 2.82. The maximum absolute atomic E-state index is 13.0. The van der Waals surface area contributed by atoms with Crippen molar-refractivity contribution in [1.82, 2.24) is 9.88 Å². The highest BCUT2D eigenvalue weighted by molar-refractivity contribution is 7.90. The van der Waals surface area contributed by atoms with Crippen molar-refractivity contribution in [2.75, 3.05) is 19.4 Å². The van der Waals surface area contributed by atoms with E-state index in [9.17, 15) is 13.2 Å². The lowest BCUT2D eigenvalue weighted by Gasteiger charge is -2.12. The Balaban J connectivity index is 1.98. The third-order valence-electron chi connectivity index (χ3n) is 4.31. The van der Waals surface area contributed by atoms with E-state index in [0.717, 1.165) is 0 Å². The van der Waals surface area contributed by atoms with Gasteiger partial charge in [0.15, 0.2) is 0 Å². The number of sulfonamides is 1. The van der Waals surface area contributed by atoms with Crippen LogP contribution in [0.3, 0.4) is 0 Å². The van der Waals surface area contributed by atoms with Crippen molar-refractivity contribution >= 4 is 51.2 Å². The molecule has 1 N–H and O–H groups in total. The molecule has 0 fully saturated rings. The van der Waals surface area contributed by atoms with Crippen LogP contribution in [0.25, 0.3) is 11.1 Å². The number of hydrogen-bond donors (Lipinski definition) is 1. The molecule has 0 spiro atoms. The molecule has 32 heavy (non-hydrogen) atoms. The van der Waals surface area contributed by atoms with Crippen molar-refractivity contribution in [2.45, 2.75) is 11.3 Å². The highest BCUT2D eigenvalue weighted by atomic mass is 35.5. The monoisotopic (exact) mass is 490 g/mol. The van der Waals surface area contributed by atoms with Gasteiger partial charge in [-0.3, -0.25) is 4.79 Å². The molecule has 0 unspecified atom stereocenters. The van der Waals surface area contributed by atoms with Crippen molar-refractivity contribution in [1.29, 1.82) is 0 Å². The molecule has 0 saturated heterocycles. The summed E-state index contributed by atoms with van der Waals surface area (Å²) in [4.78, 5) is 18.0. The summed E-state index contributed by atoms with van der Waals surface area (Å²) in [6.45, 7) is 0. The summed E-state index contributed by atoms with van der Waals surface area (Å²) >= 11 is 12.0. The van der Waals surface area contributed by atoms with Gasteiger partial charge in [0.2, 0.25) is 5.91 Å². The lowest BCUT2D eigenvalue weighted by Crippen LogP contribution is -2.15. The van der Waals surface area contributed by atoms with Crippen molar-refractivity contribution in [3.8, 4) is 11.1 Å². The van der Waals surface area contributed by atoms with E-state index in [2.05, 4.69) is 14.7 Å². The maximum atomic E-state index is 13.0. The number of hydrogen-bond acceptors (Lipinski definition) is 4. The molecule has 0 radical (unpaired) electrons. The molecule has 0 saturated carbocycles. The van der Waals surface area contributed by atoms with E-state index >= 15 is 0 Å². The van der Waals surface area contributed by atoms with Crippen LogP contribution in [0.5, 0.6) is 0 Å². The van der Waals surface area contributed by atoms with Gasteiger partial charge in [0, 0.05) is 42.1 Å². The maximum Gasteiger partial charge on any atom is 0.284 e. The highest BCUT2D eigenvalue weighted by Crippen LogP contribution is 2.31. The third kappa shape index (κ3) is 6.06. The largest absolute Gasteiger partial charge is 0.368 e. The van der Waals surface area contributed by atoms with Gasteiger partial charge >= 0.3 is 0 Å². The second kappa shape index (κ2) is 10.1. The number of halogens is 2. The molecule has 166 valence electrons. The van der Waals surface area contributed by atoms with Gasteiger partial charge in [0.25, 0.3) is 10.0 Å². The number of amides is 1. The van der Waals surface area contributed by atoms with Crippen molar-refractivity contribution in [3.05, 3.63) is 76.5 Å². The van der Waals surface area contributed by atoms with Gasteiger partial charge in [0.05, 0.1) is 11.3 Å². The summed E-state index contributed by atoms with van der Waals surface area (Å²) in [5, 5.41) is 3.49. The third-order valence-corrected chi connectivity index (χ3v) is 6.17. The Morgan fingerprint density at radius 3 is 2.53 bits per heavy atom. The van der Waals surface area contributed by atoms with Gasteiger partial charge in [-0.25, -0.2) is 4.98 Å². The zero-order valence-electron chi connectivity index (χ0n) is 17.3. The molecular weight excluding hydrogens is 471 g/mol. The van der Waals surface area contributed by atoms with Gasteiger partial charge in [0.1, 0.15) is 11.5 Å². The van der Waals surface area contributed by atoms with Crippen LogP contribution in [-0.4, -0.2) is 44.6 Å². The lowest BCUT2D eigenvalue weighted by molar-refractivity contribution is -0.115. The SMILES string of the molecule is CN(C)/C=N/S(=O)(=O)c1cc(NC(=O)Cc2ccccc2Cl)ccc1-c1ccc(Cl)nc1. The van der Waals surface area contributed by atoms with E-state index in [4.69, 9.17) is 23.2 Å². The minimum absolute atomic E-state index is 0.0450. The molecule has 10 heteroatoms. The Kier molecular flexibility index (Phi) is 7.50. The Hall–Kier alpha value is -2.94. The van der Waals surface area contributed by atoms with E-state index in [-0.39, 0.29) is 22.4 Å². The number of nitrogens with zero attached hydrogens (tertiary/aromatic N) is 3. The van der Waals surface area contributed by atoms with E-state index in [0.29, 0.717) is 27.4 Å². The summed E-state index contributed by atoms with van der Waals surface area (Å²) in [6.07, 6.45) is 2.72. The molecule has 1 heterocycles. The first kappa shape index (κ1) is 23.7. The van der Waals surface area contributed by atoms with Gasteiger partial charge in [-0.15, -0.1) is 4.40 Å². The van der Waals surface area contributed by atoms with Crippen molar-refractivity contribution < 1.29 is 13.2 Å². The molecule has 0 atom stereocenters. The Bertz CT molecular complexity index is 1260. The van der Waals surface area contributed by atoms with Gasteiger partial charge < -0.3 is 10.2 Å². The zero-order valence-corrected chi connectivity index (χ0v) is 19.6. The number of carbonyl (C=O) groups excluding carboxylic acids is 1. The summed E-state index contributed by atoms with van der Waals surface area (Å²) in [7, 11) is -0.751. The zero-order chi connectivity index (χ0) is 23.3. The second-order valence-corrected chi connectivity index (χ2v) is 9.45. The van der Waals surface area contributed by atoms with Crippen molar-refractivity contribution in [2.24, 2.45) is 4.40 Å². The van der Waals surface area contributed by atoms with Gasteiger partial charge in [-0.2, -0.15) is 8.42 Å². The number of anilines is 1. The molecule has 0 aliphatic carbocycles. The van der Waals surface area contributed by atoms with Crippen LogP contribution in [0.2, 0.25) is 10.2 Å². The molecule has 2 aromatic carbocycles. The molecule has 7 nitrogen and oxygen atoms in total. The molecular formula is C22H20Cl2N4O3S. The van der Waals surface area contributed by atoms with Crippen LogP contribution < -0.4 is 5.32 Å². The number of aromatic nitrogens is 1. The van der Waals surface area contributed by atoms with E-state index in [1.54, 1.807) is 62.6 Å². The molecule has 0 bridgehead atoms. The summed E-state index contributed by atoms with van der Waals surface area (Å²) < 4.78 is 29.7.